The van der Waals surface area contributed by atoms with Gasteiger partial charge in [0.05, 0.1) is 6.61 Å². The van der Waals surface area contributed by atoms with Crippen LogP contribution in [-0.2, 0) is 4.74 Å². The molecule has 0 bridgehead atoms. The van der Waals surface area contributed by atoms with Crippen molar-refractivity contribution >= 4 is 6.09 Å². The molecule has 0 aromatic heterocycles. The summed E-state index contributed by atoms with van der Waals surface area (Å²) in [7, 11) is 0. The topological polar surface area (TPSA) is 64.8 Å². The van der Waals surface area contributed by atoms with Crippen molar-refractivity contribution in [2.45, 2.75) is 51.7 Å². The van der Waals surface area contributed by atoms with E-state index in [9.17, 15) is 4.79 Å². The third-order valence-electron chi connectivity index (χ3n) is 3.93. The summed E-state index contributed by atoms with van der Waals surface area (Å²) in [6.45, 7) is 9.43. The van der Waals surface area contributed by atoms with Crippen LogP contribution in [0.5, 0.6) is 5.75 Å². The summed E-state index contributed by atoms with van der Waals surface area (Å²) >= 11 is 0. The van der Waals surface area contributed by atoms with Gasteiger partial charge in [-0.3, -0.25) is 0 Å². The zero-order chi connectivity index (χ0) is 17.0. The number of piperidine rings is 1. The molecule has 1 fully saturated rings. The van der Waals surface area contributed by atoms with E-state index < -0.39 is 5.60 Å². The SMILES string of the molecule is CCOc1ccc(C2CCN(C(=O)OC(C)(C)C)CC2N)cc1. The van der Waals surface area contributed by atoms with Crippen molar-refractivity contribution < 1.29 is 14.3 Å². The van der Waals surface area contributed by atoms with E-state index in [2.05, 4.69) is 12.1 Å². The third kappa shape index (κ3) is 4.86. The minimum atomic E-state index is -0.479. The van der Waals surface area contributed by atoms with E-state index in [0.717, 1.165) is 12.2 Å². The van der Waals surface area contributed by atoms with E-state index >= 15 is 0 Å². The van der Waals surface area contributed by atoms with Crippen molar-refractivity contribution in [1.82, 2.24) is 4.90 Å². The zero-order valence-corrected chi connectivity index (χ0v) is 14.5. The number of likely N-dealkylation sites (tertiary alicyclic amines) is 1. The fraction of sp³-hybridized carbons (Fsp3) is 0.611. The van der Waals surface area contributed by atoms with E-state index in [1.807, 2.05) is 39.8 Å². The number of carbonyl (C=O) groups excluding carboxylic acids is 1. The maximum atomic E-state index is 12.2. The Morgan fingerprint density at radius 2 is 1.96 bits per heavy atom. The van der Waals surface area contributed by atoms with Crippen molar-refractivity contribution in [2.24, 2.45) is 5.73 Å². The number of nitrogens with zero attached hydrogens (tertiary/aromatic N) is 1. The molecule has 1 aliphatic rings. The van der Waals surface area contributed by atoms with Crippen LogP contribution in [-0.4, -0.2) is 42.3 Å². The van der Waals surface area contributed by atoms with Crippen LogP contribution in [0.2, 0.25) is 0 Å². The lowest BCUT2D eigenvalue weighted by Gasteiger charge is -2.37. The van der Waals surface area contributed by atoms with Crippen molar-refractivity contribution in [1.29, 1.82) is 0 Å². The Kier molecular flexibility index (Phi) is 5.52. The number of carbonyl (C=O) groups is 1. The highest BCUT2D eigenvalue weighted by molar-refractivity contribution is 5.68. The average molecular weight is 320 g/mol. The summed E-state index contributed by atoms with van der Waals surface area (Å²) in [4.78, 5) is 13.9. The molecule has 5 heteroatoms. The van der Waals surface area contributed by atoms with Gasteiger partial charge in [-0.25, -0.2) is 4.79 Å². The molecular weight excluding hydrogens is 292 g/mol. The highest BCUT2D eigenvalue weighted by Crippen LogP contribution is 2.29. The Balaban J connectivity index is 1.97. The normalized spacial score (nSPS) is 21.9. The van der Waals surface area contributed by atoms with Gasteiger partial charge in [0.1, 0.15) is 11.4 Å². The van der Waals surface area contributed by atoms with Gasteiger partial charge in [-0.2, -0.15) is 0 Å². The van der Waals surface area contributed by atoms with Crippen LogP contribution in [0.4, 0.5) is 4.79 Å². The number of rotatable bonds is 3. The first-order valence-electron chi connectivity index (χ1n) is 8.26. The Bertz CT molecular complexity index is 522. The third-order valence-corrected chi connectivity index (χ3v) is 3.93. The van der Waals surface area contributed by atoms with E-state index in [1.165, 1.54) is 5.56 Å². The predicted molar refractivity (Wildman–Crippen MR) is 90.8 cm³/mol. The molecule has 2 rings (SSSR count). The molecule has 0 radical (unpaired) electrons. The molecule has 0 aliphatic carbocycles. The van der Waals surface area contributed by atoms with Crippen LogP contribution in [0.1, 0.15) is 45.6 Å². The number of hydrogen-bond donors (Lipinski definition) is 1. The Morgan fingerprint density at radius 3 is 2.48 bits per heavy atom. The minimum absolute atomic E-state index is 0.0887. The summed E-state index contributed by atoms with van der Waals surface area (Å²) in [5.41, 5.74) is 7.04. The minimum Gasteiger partial charge on any atom is -0.494 e. The molecule has 2 unspecified atom stereocenters. The van der Waals surface area contributed by atoms with Crippen LogP contribution < -0.4 is 10.5 Å². The number of hydrogen-bond acceptors (Lipinski definition) is 4. The molecule has 1 aromatic carbocycles. The molecule has 1 amide bonds. The van der Waals surface area contributed by atoms with E-state index in [0.29, 0.717) is 19.7 Å². The molecule has 1 saturated heterocycles. The first-order valence-corrected chi connectivity index (χ1v) is 8.26. The second kappa shape index (κ2) is 7.21. The highest BCUT2D eigenvalue weighted by atomic mass is 16.6. The molecule has 1 aromatic rings. The molecule has 0 saturated carbocycles. The lowest BCUT2D eigenvalue weighted by molar-refractivity contribution is 0.0186. The van der Waals surface area contributed by atoms with Crippen LogP contribution in [0.3, 0.4) is 0 Å². The molecule has 128 valence electrons. The molecule has 1 aliphatic heterocycles. The number of benzene rings is 1. The standard InChI is InChI=1S/C18H28N2O3/c1-5-22-14-8-6-13(7-9-14)15-10-11-20(12-16(15)19)17(21)23-18(2,3)4/h6-9,15-16H,5,10-12,19H2,1-4H3. The fourth-order valence-electron chi connectivity index (χ4n) is 2.87. The van der Waals surface area contributed by atoms with E-state index in [-0.39, 0.29) is 18.1 Å². The lowest BCUT2D eigenvalue weighted by Crippen LogP contribution is -2.50. The highest BCUT2D eigenvalue weighted by Gasteiger charge is 2.32. The van der Waals surface area contributed by atoms with Gasteiger partial charge in [-0.1, -0.05) is 12.1 Å². The largest absolute Gasteiger partial charge is 0.494 e. The van der Waals surface area contributed by atoms with Crippen molar-refractivity contribution in [2.75, 3.05) is 19.7 Å². The van der Waals surface area contributed by atoms with Crippen molar-refractivity contribution in [3.05, 3.63) is 29.8 Å². The first kappa shape index (κ1) is 17.6. The van der Waals surface area contributed by atoms with Gasteiger partial charge in [0, 0.05) is 25.0 Å². The molecule has 5 nitrogen and oxygen atoms in total. The molecule has 23 heavy (non-hydrogen) atoms. The van der Waals surface area contributed by atoms with Crippen LogP contribution in [0.25, 0.3) is 0 Å². The first-order chi connectivity index (χ1) is 10.8. The van der Waals surface area contributed by atoms with Gasteiger partial charge >= 0.3 is 6.09 Å². The predicted octanol–water partition coefficient (Wildman–Crippen LogP) is 3.14. The molecule has 2 atom stereocenters. The van der Waals surface area contributed by atoms with Gasteiger partial charge in [0.25, 0.3) is 0 Å². The van der Waals surface area contributed by atoms with Crippen LogP contribution in [0.15, 0.2) is 24.3 Å². The van der Waals surface area contributed by atoms with Gasteiger partial charge < -0.3 is 20.1 Å². The Labute approximate surface area is 138 Å². The maximum absolute atomic E-state index is 12.2. The summed E-state index contributed by atoms with van der Waals surface area (Å²) < 4.78 is 10.9. The van der Waals surface area contributed by atoms with Crippen LogP contribution in [0, 0.1) is 0 Å². The Morgan fingerprint density at radius 1 is 1.30 bits per heavy atom. The summed E-state index contributed by atoms with van der Waals surface area (Å²) in [6, 6.07) is 8.00. The molecule has 2 N–H and O–H groups in total. The lowest BCUT2D eigenvalue weighted by atomic mass is 9.86. The van der Waals surface area contributed by atoms with Gasteiger partial charge in [-0.05, 0) is 51.8 Å². The number of amides is 1. The second-order valence-electron chi connectivity index (χ2n) is 6.99. The van der Waals surface area contributed by atoms with Crippen molar-refractivity contribution in [3.8, 4) is 5.75 Å². The smallest absolute Gasteiger partial charge is 0.410 e. The maximum Gasteiger partial charge on any atom is 0.410 e. The average Bonchev–Trinajstić information content (AvgIpc) is 2.47. The molecule has 1 heterocycles. The van der Waals surface area contributed by atoms with Crippen molar-refractivity contribution in [3.63, 3.8) is 0 Å². The molecule has 0 spiro atoms. The van der Waals surface area contributed by atoms with Crippen LogP contribution >= 0.6 is 0 Å². The summed E-state index contributed by atoms with van der Waals surface area (Å²) in [5.74, 6) is 1.13. The fourth-order valence-corrected chi connectivity index (χ4v) is 2.87. The van der Waals surface area contributed by atoms with E-state index in [1.54, 1.807) is 4.90 Å². The number of ether oxygens (including phenoxy) is 2. The summed E-state index contributed by atoms with van der Waals surface area (Å²) in [6.07, 6.45) is 0.562. The second-order valence-corrected chi connectivity index (χ2v) is 6.99. The quantitative estimate of drug-likeness (QED) is 0.929. The van der Waals surface area contributed by atoms with Gasteiger partial charge in [-0.15, -0.1) is 0 Å². The Hall–Kier alpha value is -1.75. The molecular formula is C18H28N2O3. The van der Waals surface area contributed by atoms with E-state index in [4.69, 9.17) is 15.2 Å². The summed E-state index contributed by atoms with van der Waals surface area (Å²) in [5, 5.41) is 0. The number of nitrogens with two attached hydrogens (primary N) is 1. The van der Waals surface area contributed by atoms with Gasteiger partial charge in [0.2, 0.25) is 0 Å². The zero-order valence-electron chi connectivity index (χ0n) is 14.5. The monoisotopic (exact) mass is 320 g/mol. The van der Waals surface area contributed by atoms with Gasteiger partial charge in [0.15, 0.2) is 0 Å².